The van der Waals surface area contributed by atoms with E-state index in [1.807, 2.05) is 6.07 Å². The molecule has 2 amide bonds. The lowest BCUT2D eigenvalue weighted by Crippen LogP contribution is -2.20. The number of nitriles is 1. The van der Waals surface area contributed by atoms with Crippen LogP contribution in [0.2, 0.25) is 15.1 Å². The van der Waals surface area contributed by atoms with E-state index in [0.29, 0.717) is 32.7 Å². The summed E-state index contributed by atoms with van der Waals surface area (Å²) in [5, 5.41) is 15.6. The van der Waals surface area contributed by atoms with Gasteiger partial charge in [0, 0.05) is 11.4 Å². The molecule has 196 valence electrons. The van der Waals surface area contributed by atoms with Gasteiger partial charge in [0.05, 0.1) is 28.8 Å². The van der Waals surface area contributed by atoms with Crippen molar-refractivity contribution in [3.05, 3.63) is 80.8 Å². The lowest BCUT2D eigenvalue weighted by molar-refractivity contribution is -0.118. The van der Waals surface area contributed by atoms with Gasteiger partial charge in [0.15, 0.2) is 18.1 Å². The molecule has 0 atom stereocenters. The molecule has 0 aliphatic heterocycles. The molecule has 0 aliphatic rings. The predicted molar refractivity (Wildman–Crippen MR) is 148 cm³/mol. The van der Waals surface area contributed by atoms with Crippen LogP contribution in [0.4, 0.5) is 11.4 Å². The maximum absolute atomic E-state index is 12.7. The van der Waals surface area contributed by atoms with Crippen molar-refractivity contribution >= 4 is 64.1 Å². The van der Waals surface area contributed by atoms with Gasteiger partial charge in [0.2, 0.25) is 0 Å². The summed E-state index contributed by atoms with van der Waals surface area (Å²) in [6, 6.07) is 16.3. The molecule has 0 saturated heterocycles. The molecule has 3 rings (SSSR count). The number of carbonyl (C=O) groups is 2. The van der Waals surface area contributed by atoms with Gasteiger partial charge < -0.3 is 24.8 Å². The molecule has 2 N–H and O–H groups in total. The number of hydrogen-bond acceptors (Lipinski definition) is 6. The second-order valence-electron chi connectivity index (χ2n) is 7.58. The first-order chi connectivity index (χ1) is 18.2. The number of ether oxygens (including phenoxy) is 3. The second-order valence-corrected chi connectivity index (χ2v) is 8.80. The third-order valence-electron chi connectivity index (χ3n) is 4.91. The number of rotatable bonds is 10. The summed E-state index contributed by atoms with van der Waals surface area (Å²) in [6.07, 6.45) is 1.37. The number of methoxy groups -OCH3 is 1. The van der Waals surface area contributed by atoms with Crippen LogP contribution in [0.3, 0.4) is 0 Å². The molecule has 0 aromatic heterocycles. The summed E-state index contributed by atoms with van der Waals surface area (Å²) in [5.74, 6) is -0.0669. The monoisotopic (exact) mass is 573 g/mol. The topological polar surface area (TPSA) is 110 Å². The lowest BCUT2D eigenvalue weighted by atomic mass is 10.1. The van der Waals surface area contributed by atoms with Gasteiger partial charge in [-0.05, 0) is 73.2 Å². The molecule has 0 unspecified atom stereocenters. The summed E-state index contributed by atoms with van der Waals surface area (Å²) >= 11 is 18.3. The van der Waals surface area contributed by atoms with Crippen LogP contribution in [0.25, 0.3) is 6.08 Å². The van der Waals surface area contributed by atoms with E-state index in [4.69, 9.17) is 49.0 Å². The Morgan fingerprint density at radius 2 is 1.63 bits per heavy atom. The van der Waals surface area contributed by atoms with Crippen molar-refractivity contribution in [3.63, 3.8) is 0 Å². The largest absolute Gasteiger partial charge is 0.497 e. The fourth-order valence-electron chi connectivity index (χ4n) is 3.17. The molecular weight excluding hydrogens is 553 g/mol. The van der Waals surface area contributed by atoms with E-state index in [2.05, 4.69) is 10.6 Å². The molecule has 8 nitrogen and oxygen atoms in total. The van der Waals surface area contributed by atoms with Gasteiger partial charge in [0.25, 0.3) is 11.8 Å². The van der Waals surface area contributed by atoms with Crippen LogP contribution in [0.1, 0.15) is 12.5 Å². The maximum atomic E-state index is 12.7. The first-order valence-electron chi connectivity index (χ1n) is 11.1. The Labute approximate surface area is 234 Å². The van der Waals surface area contributed by atoms with E-state index in [0.717, 1.165) is 0 Å². The molecule has 0 spiro atoms. The quantitative estimate of drug-likeness (QED) is 0.208. The molecule has 38 heavy (non-hydrogen) atoms. The number of carbonyl (C=O) groups excluding carboxylic acids is 2. The molecule has 3 aromatic rings. The second kappa shape index (κ2) is 13.6. The van der Waals surface area contributed by atoms with Crippen molar-refractivity contribution in [3.8, 4) is 23.3 Å². The number of nitrogens with zero attached hydrogens (tertiary/aromatic N) is 1. The fourth-order valence-corrected chi connectivity index (χ4v) is 3.74. The average molecular weight is 575 g/mol. The summed E-state index contributed by atoms with van der Waals surface area (Å²) in [5.41, 5.74) is 1.20. The first kappa shape index (κ1) is 28.7. The van der Waals surface area contributed by atoms with Gasteiger partial charge in [0.1, 0.15) is 17.4 Å². The Kier molecular flexibility index (Phi) is 10.3. The minimum atomic E-state index is -0.606. The summed E-state index contributed by atoms with van der Waals surface area (Å²) in [6.45, 7) is 1.67. The predicted octanol–water partition coefficient (Wildman–Crippen LogP) is 6.62. The van der Waals surface area contributed by atoms with Crippen molar-refractivity contribution in [1.82, 2.24) is 0 Å². The van der Waals surface area contributed by atoms with Crippen LogP contribution in [0.15, 0.2) is 60.2 Å². The SMILES string of the molecule is CCOc1cc(/C=C(/C#N)C(=O)Nc2ccc(OC)cc2)cc(Cl)c1OCC(=O)Nc1ccc(Cl)c(Cl)c1. The Morgan fingerprint density at radius 1 is 0.921 bits per heavy atom. The lowest BCUT2D eigenvalue weighted by Gasteiger charge is -2.15. The Morgan fingerprint density at radius 3 is 2.26 bits per heavy atom. The van der Waals surface area contributed by atoms with Gasteiger partial charge in [-0.2, -0.15) is 5.26 Å². The smallest absolute Gasteiger partial charge is 0.266 e. The molecule has 0 fully saturated rings. The maximum Gasteiger partial charge on any atom is 0.266 e. The Bertz CT molecular complexity index is 1400. The van der Waals surface area contributed by atoms with Crippen LogP contribution in [-0.2, 0) is 9.59 Å². The van der Waals surface area contributed by atoms with Crippen molar-refractivity contribution in [2.24, 2.45) is 0 Å². The molecule has 0 radical (unpaired) electrons. The van der Waals surface area contributed by atoms with Crippen molar-refractivity contribution in [2.75, 3.05) is 31.0 Å². The van der Waals surface area contributed by atoms with E-state index in [-0.39, 0.29) is 35.3 Å². The minimum absolute atomic E-state index is 0.123. The standard InChI is InChI=1S/C27H22Cl3N3O5/c1-3-37-24-12-16(10-17(14-31)27(35)33-18-4-7-20(36-2)8-5-18)11-23(30)26(24)38-15-25(34)32-19-6-9-21(28)22(29)13-19/h4-13H,3,15H2,1-2H3,(H,32,34)(H,33,35)/b17-10-. The number of nitrogens with one attached hydrogen (secondary N) is 2. The minimum Gasteiger partial charge on any atom is -0.497 e. The molecule has 11 heteroatoms. The van der Waals surface area contributed by atoms with Crippen molar-refractivity contribution in [2.45, 2.75) is 6.92 Å². The van der Waals surface area contributed by atoms with E-state index >= 15 is 0 Å². The number of amides is 2. The van der Waals surface area contributed by atoms with Crippen LogP contribution >= 0.6 is 34.8 Å². The molecule has 0 aliphatic carbocycles. The zero-order chi connectivity index (χ0) is 27.7. The number of benzene rings is 3. The number of anilines is 2. The number of halogens is 3. The molecular formula is C27H22Cl3N3O5. The normalized spacial score (nSPS) is 10.8. The van der Waals surface area contributed by atoms with Crippen LogP contribution < -0.4 is 24.8 Å². The van der Waals surface area contributed by atoms with Crippen molar-refractivity contribution < 1.29 is 23.8 Å². The highest BCUT2D eigenvalue weighted by atomic mass is 35.5. The highest BCUT2D eigenvalue weighted by Crippen LogP contribution is 2.37. The van der Waals surface area contributed by atoms with Crippen LogP contribution in [-0.4, -0.2) is 32.1 Å². The zero-order valence-electron chi connectivity index (χ0n) is 20.3. The third-order valence-corrected chi connectivity index (χ3v) is 5.93. The summed E-state index contributed by atoms with van der Waals surface area (Å²) < 4.78 is 16.4. The Hall–Kier alpha value is -3.90. The van der Waals surface area contributed by atoms with E-state index in [1.165, 1.54) is 25.3 Å². The van der Waals surface area contributed by atoms with Gasteiger partial charge in [-0.3, -0.25) is 9.59 Å². The average Bonchev–Trinajstić information content (AvgIpc) is 2.89. The van der Waals surface area contributed by atoms with Crippen molar-refractivity contribution in [1.29, 1.82) is 5.26 Å². The Balaban J connectivity index is 1.75. The van der Waals surface area contributed by atoms with Crippen LogP contribution in [0, 0.1) is 11.3 Å². The van der Waals surface area contributed by atoms with Gasteiger partial charge in [-0.25, -0.2) is 0 Å². The van der Waals surface area contributed by atoms with E-state index in [1.54, 1.807) is 49.4 Å². The third kappa shape index (κ3) is 7.80. The molecule has 3 aromatic carbocycles. The molecule has 0 bridgehead atoms. The van der Waals surface area contributed by atoms with Gasteiger partial charge >= 0.3 is 0 Å². The van der Waals surface area contributed by atoms with Gasteiger partial charge in [-0.1, -0.05) is 34.8 Å². The highest BCUT2D eigenvalue weighted by Gasteiger charge is 2.16. The summed E-state index contributed by atoms with van der Waals surface area (Å²) in [7, 11) is 1.54. The van der Waals surface area contributed by atoms with Crippen LogP contribution in [0.5, 0.6) is 17.2 Å². The zero-order valence-corrected chi connectivity index (χ0v) is 22.6. The highest BCUT2D eigenvalue weighted by molar-refractivity contribution is 6.42. The fraction of sp³-hybridized carbons (Fsp3) is 0.148. The number of hydrogen-bond donors (Lipinski definition) is 2. The first-order valence-corrected chi connectivity index (χ1v) is 12.3. The molecule has 0 heterocycles. The summed E-state index contributed by atoms with van der Waals surface area (Å²) in [4.78, 5) is 25.0. The van der Waals surface area contributed by atoms with Gasteiger partial charge in [-0.15, -0.1) is 0 Å². The van der Waals surface area contributed by atoms with E-state index < -0.39 is 11.8 Å². The van der Waals surface area contributed by atoms with E-state index in [9.17, 15) is 14.9 Å². The molecule has 0 saturated carbocycles.